The van der Waals surface area contributed by atoms with Gasteiger partial charge in [-0.2, -0.15) is 0 Å². The molecule has 2 heterocycles. The number of nitrogens with zero attached hydrogens (tertiary/aromatic N) is 2. The van der Waals surface area contributed by atoms with Crippen LogP contribution in [0.3, 0.4) is 0 Å². The zero-order valence-corrected chi connectivity index (χ0v) is 18.8. The van der Waals surface area contributed by atoms with Gasteiger partial charge in [0, 0.05) is 38.6 Å². The van der Waals surface area contributed by atoms with Crippen LogP contribution in [0.25, 0.3) is 0 Å². The van der Waals surface area contributed by atoms with Crippen molar-refractivity contribution in [3.05, 3.63) is 35.9 Å². The van der Waals surface area contributed by atoms with E-state index < -0.39 is 0 Å². The van der Waals surface area contributed by atoms with Gasteiger partial charge in [-0.1, -0.05) is 44.2 Å². The number of nitrogens with one attached hydrogen (secondary N) is 3. The van der Waals surface area contributed by atoms with E-state index in [4.69, 9.17) is 0 Å². The number of hydrogen-bond donors (Lipinski definition) is 3. The molecule has 0 bridgehead atoms. The third-order valence-electron chi connectivity index (χ3n) is 6.12. The largest absolute Gasteiger partial charge is 0.355 e. The fourth-order valence-electron chi connectivity index (χ4n) is 4.68. The average molecular weight is 416 g/mol. The second kappa shape index (κ2) is 9.90. The van der Waals surface area contributed by atoms with Crippen molar-refractivity contribution >= 4 is 11.8 Å². The fourth-order valence-corrected chi connectivity index (χ4v) is 4.68. The summed E-state index contributed by atoms with van der Waals surface area (Å²) in [5.74, 6) is 0.172. The maximum atomic E-state index is 13.2. The van der Waals surface area contributed by atoms with E-state index in [-0.39, 0.29) is 35.1 Å². The first-order valence-corrected chi connectivity index (χ1v) is 11.0. The Morgan fingerprint density at radius 2 is 1.83 bits per heavy atom. The van der Waals surface area contributed by atoms with Gasteiger partial charge in [0.2, 0.25) is 11.8 Å². The van der Waals surface area contributed by atoms with Crippen molar-refractivity contribution in [1.29, 1.82) is 0 Å². The Hall–Kier alpha value is -1.96. The Kier molecular flexibility index (Phi) is 7.50. The Balaban J connectivity index is 1.49. The maximum Gasteiger partial charge on any atom is 0.229 e. The molecule has 1 aromatic rings. The summed E-state index contributed by atoms with van der Waals surface area (Å²) in [6.07, 6.45) is 1.46. The molecular formula is C23H37N5O2. The molecule has 3 rings (SSSR count). The fraction of sp³-hybridized carbons (Fsp3) is 0.652. The van der Waals surface area contributed by atoms with Gasteiger partial charge in [0.1, 0.15) is 0 Å². The van der Waals surface area contributed by atoms with Crippen LogP contribution in [0.15, 0.2) is 30.3 Å². The van der Waals surface area contributed by atoms with Crippen molar-refractivity contribution in [3.8, 4) is 0 Å². The number of amides is 2. The highest BCUT2D eigenvalue weighted by Crippen LogP contribution is 2.28. The first-order chi connectivity index (χ1) is 14.3. The molecule has 0 aromatic heterocycles. The average Bonchev–Trinajstić information content (AvgIpc) is 3.21. The van der Waals surface area contributed by atoms with Crippen molar-refractivity contribution in [3.63, 3.8) is 0 Å². The van der Waals surface area contributed by atoms with Crippen LogP contribution in [-0.4, -0.2) is 68.4 Å². The molecule has 2 fully saturated rings. The van der Waals surface area contributed by atoms with Gasteiger partial charge in [-0.15, -0.1) is 0 Å². The van der Waals surface area contributed by atoms with Crippen LogP contribution in [0.5, 0.6) is 0 Å². The number of carbonyl (C=O) groups excluding carboxylic acids is 2. The first-order valence-electron chi connectivity index (χ1n) is 11.0. The molecule has 3 N–H and O–H groups in total. The Morgan fingerprint density at radius 3 is 2.47 bits per heavy atom. The van der Waals surface area contributed by atoms with E-state index in [2.05, 4.69) is 47.0 Å². The molecule has 30 heavy (non-hydrogen) atoms. The number of rotatable bonds is 7. The maximum absolute atomic E-state index is 13.2. The van der Waals surface area contributed by atoms with E-state index in [1.165, 1.54) is 0 Å². The second-order valence-corrected chi connectivity index (χ2v) is 9.74. The Bertz CT molecular complexity index is 714. The molecule has 2 amide bonds. The molecular weight excluding hydrogens is 378 g/mol. The van der Waals surface area contributed by atoms with Crippen LogP contribution in [0, 0.1) is 17.3 Å². The lowest BCUT2D eigenvalue weighted by Crippen LogP contribution is -2.47. The van der Waals surface area contributed by atoms with Crippen molar-refractivity contribution in [2.24, 2.45) is 17.3 Å². The summed E-state index contributed by atoms with van der Waals surface area (Å²) in [5.41, 5.74) is 7.55. The third-order valence-corrected chi connectivity index (χ3v) is 6.12. The molecule has 2 aliphatic rings. The van der Waals surface area contributed by atoms with Gasteiger partial charge in [0.05, 0.1) is 12.0 Å². The summed E-state index contributed by atoms with van der Waals surface area (Å²) in [6.45, 7) is 7.85. The summed E-state index contributed by atoms with van der Waals surface area (Å²) in [6, 6.07) is 10.1. The standard InChI is InChI=1S/C23H37N5O2/c1-23(2,16-27(3)4)15-24-21(29)18-10-12-28(13-11-18)22(30)19-14-25-26-20(19)17-8-6-5-7-9-17/h5-9,18-20,25-26H,10-16H2,1-4H3,(H,24,29). The van der Waals surface area contributed by atoms with E-state index in [0.717, 1.165) is 24.9 Å². The molecule has 7 heteroatoms. The molecule has 1 aromatic carbocycles. The topological polar surface area (TPSA) is 76.7 Å². The predicted molar refractivity (Wildman–Crippen MR) is 118 cm³/mol. The molecule has 7 nitrogen and oxygen atoms in total. The van der Waals surface area contributed by atoms with E-state index in [0.29, 0.717) is 26.2 Å². The van der Waals surface area contributed by atoms with Crippen molar-refractivity contribution < 1.29 is 9.59 Å². The highest BCUT2D eigenvalue weighted by atomic mass is 16.2. The summed E-state index contributed by atoms with van der Waals surface area (Å²) in [5, 5.41) is 3.14. The van der Waals surface area contributed by atoms with Crippen LogP contribution in [-0.2, 0) is 9.59 Å². The first kappa shape index (κ1) is 22.7. The molecule has 2 unspecified atom stereocenters. The van der Waals surface area contributed by atoms with Crippen LogP contribution >= 0.6 is 0 Å². The van der Waals surface area contributed by atoms with Gasteiger partial charge in [0.15, 0.2) is 0 Å². The van der Waals surface area contributed by atoms with Gasteiger partial charge in [-0.3, -0.25) is 15.0 Å². The smallest absolute Gasteiger partial charge is 0.229 e. The SMILES string of the molecule is CN(C)CC(C)(C)CNC(=O)C1CCN(C(=O)C2CNNC2c2ccccc2)CC1. The van der Waals surface area contributed by atoms with Gasteiger partial charge in [0.25, 0.3) is 0 Å². The summed E-state index contributed by atoms with van der Waals surface area (Å²) in [4.78, 5) is 29.9. The summed E-state index contributed by atoms with van der Waals surface area (Å²) >= 11 is 0. The number of likely N-dealkylation sites (tertiary alicyclic amines) is 1. The number of carbonyl (C=O) groups is 2. The monoisotopic (exact) mass is 415 g/mol. The number of hydrogen-bond acceptors (Lipinski definition) is 5. The highest BCUT2D eigenvalue weighted by Gasteiger charge is 2.38. The molecule has 166 valence electrons. The molecule has 2 aliphatic heterocycles. The van der Waals surface area contributed by atoms with Gasteiger partial charge < -0.3 is 15.1 Å². The molecule has 0 spiro atoms. The lowest BCUT2D eigenvalue weighted by molar-refractivity contribution is -0.139. The molecule has 0 aliphatic carbocycles. The minimum atomic E-state index is -0.121. The Morgan fingerprint density at radius 1 is 1.17 bits per heavy atom. The molecule has 2 saturated heterocycles. The van der Waals surface area contributed by atoms with Crippen LogP contribution < -0.4 is 16.2 Å². The lowest BCUT2D eigenvalue weighted by atomic mass is 9.90. The van der Waals surface area contributed by atoms with Crippen molar-refractivity contribution in [2.75, 3.05) is 46.8 Å². The zero-order chi connectivity index (χ0) is 21.7. The second-order valence-electron chi connectivity index (χ2n) is 9.74. The number of benzene rings is 1. The van der Waals surface area contributed by atoms with Gasteiger partial charge in [-0.05, 0) is 37.9 Å². The Labute approximate surface area is 180 Å². The van der Waals surface area contributed by atoms with E-state index in [1.807, 2.05) is 37.2 Å². The molecule has 0 saturated carbocycles. The third kappa shape index (κ3) is 5.80. The number of hydrazine groups is 1. The van der Waals surface area contributed by atoms with Crippen molar-refractivity contribution in [1.82, 2.24) is 26.0 Å². The number of piperidine rings is 1. The summed E-state index contributed by atoms with van der Waals surface area (Å²) < 4.78 is 0. The minimum absolute atomic E-state index is 0.00560. The quantitative estimate of drug-likeness (QED) is 0.628. The normalized spacial score (nSPS) is 23.0. The van der Waals surface area contributed by atoms with Gasteiger partial charge >= 0.3 is 0 Å². The van der Waals surface area contributed by atoms with Gasteiger partial charge in [-0.25, -0.2) is 5.43 Å². The lowest BCUT2D eigenvalue weighted by Gasteiger charge is -2.34. The zero-order valence-electron chi connectivity index (χ0n) is 18.8. The van der Waals surface area contributed by atoms with Crippen LogP contribution in [0.1, 0.15) is 38.3 Å². The molecule has 2 atom stereocenters. The van der Waals surface area contributed by atoms with Crippen molar-refractivity contribution in [2.45, 2.75) is 32.7 Å². The van der Waals surface area contributed by atoms with E-state index in [9.17, 15) is 9.59 Å². The van der Waals surface area contributed by atoms with E-state index >= 15 is 0 Å². The predicted octanol–water partition coefficient (Wildman–Crippen LogP) is 1.39. The van der Waals surface area contributed by atoms with E-state index in [1.54, 1.807) is 0 Å². The molecule has 0 radical (unpaired) electrons. The minimum Gasteiger partial charge on any atom is -0.355 e. The van der Waals surface area contributed by atoms with Crippen LogP contribution in [0.4, 0.5) is 0 Å². The van der Waals surface area contributed by atoms with Crippen LogP contribution in [0.2, 0.25) is 0 Å². The highest BCUT2D eigenvalue weighted by molar-refractivity contribution is 5.82. The summed E-state index contributed by atoms with van der Waals surface area (Å²) in [7, 11) is 4.10.